The third kappa shape index (κ3) is 1.96. The molecule has 0 bridgehead atoms. The average molecular weight is 324 g/mol. The van der Waals surface area contributed by atoms with Crippen LogP contribution < -0.4 is 15.2 Å². The van der Waals surface area contributed by atoms with Gasteiger partial charge in [0, 0.05) is 12.6 Å². The van der Waals surface area contributed by atoms with E-state index in [1.165, 1.54) is 0 Å². The fraction of sp³-hybridized carbons (Fsp3) is 0.308. The van der Waals surface area contributed by atoms with Crippen LogP contribution in [0.3, 0.4) is 0 Å². The summed E-state index contributed by atoms with van der Waals surface area (Å²) in [7, 11) is 1.90. The van der Waals surface area contributed by atoms with Crippen LogP contribution >= 0.6 is 15.9 Å². The first-order valence-corrected chi connectivity index (χ1v) is 6.75. The molecule has 100 valence electrons. The number of anilines is 1. The lowest BCUT2D eigenvalue weighted by Crippen LogP contribution is -2.15. The van der Waals surface area contributed by atoms with Crippen LogP contribution in [0.1, 0.15) is 5.82 Å². The Labute approximate surface area is 119 Å². The van der Waals surface area contributed by atoms with Gasteiger partial charge in [-0.1, -0.05) is 0 Å². The van der Waals surface area contributed by atoms with Crippen molar-refractivity contribution >= 4 is 21.7 Å². The van der Waals surface area contributed by atoms with Crippen molar-refractivity contribution in [2.24, 2.45) is 7.05 Å². The number of aryl methyl sites for hydroxylation is 1. The number of nitrogens with two attached hydrogens (primary N) is 1. The van der Waals surface area contributed by atoms with E-state index in [0.29, 0.717) is 19.0 Å². The topological polar surface area (TPSA) is 62.3 Å². The normalized spacial score (nSPS) is 13.6. The second kappa shape index (κ2) is 4.45. The highest BCUT2D eigenvalue weighted by Gasteiger charge is 2.19. The van der Waals surface area contributed by atoms with Crippen LogP contribution in [-0.2, 0) is 7.05 Å². The van der Waals surface area contributed by atoms with E-state index in [9.17, 15) is 0 Å². The van der Waals surface area contributed by atoms with E-state index in [0.717, 1.165) is 33.1 Å². The summed E-state index contributed by atoms with van der Waals surface area (Å²) in [5, 5.41) is 0. The van der Waals surface area contributed by atoms with Gasteiger partial charge in [-0.15, -0.1) is 0 Å². The third-order valence-corrected chi connectivity index (χ3v) is 3.82. The van der Waals surface area contributed by atoms with Gasteiger partial charge in [0.1, 0.15) is 30.5 Å². The number of halogens is 1. The van der Waals surface area contributed by atoms with Gasteiger partial charge >= 0.3 is 0 Å². The van der Waals surface area contributed by atoms with E-state index in [-0.39, 0.29) is 0 Å². The fourth-order valence-corrected chi connectivity index (χ4v) is 2.64. The molecule has 0 unspecified atom stereocenters. The molecule has 1 aromatic heterocycles. The van der Waals surface area contributed by atoms with Gasteiger partial charge in [-0.3, -0.25) is 0 Å². The maximum absolute atomic E-state index is 6.07. The van der Waals surface area contributed by atoms with Crippen molar-refractivity contribution in [2.75, 3.05) is 18.9 Å². The van der Waals surface area contributed by atoms with Crippen molar-refractivity contribution in [2.45, 2.75) is 6.92 Å². The van der Waals surface area contributed by atoms with Crippen molar-refractivity contribution in [3.8, 4) is 22.8 Å². The molecule has 0 saturated carbocycles. The lowest BCUT2D eigenvalue weighted by atomic mass is 10.1. The van der Waals surface area contributed by atoms with Gasteiger partial charge in [0.05, 0.1) is 4.47 Å². The predicted molar refractivity (Wildman–Crippen MR) is 76.5 cm³/mol. The van der Waals surface area contributed by atoms with Crippen LogP contribution in [0, 0.1) is 6.92 Å². The Balaban J connectivity index is 2.15. The van der Waals surface area contributed by atoms with E-state index in [1.807, 2.05) is 30.7 Å². The van der Waals surface area contributed by atoms with Gasteiger partial charge in [-0.25, -0.2) is 4.98 Å². The molecule has 0 spiro atoms. The lowest BCUT2D eigenvalue weighted by molar-refractivity contribution is 0.170. The first-order chi connectivity index (χ1) is 9.08. The smallest absolute Gasteiger partial charge is 0.175 e. The number of benzene rings is 1. The first-order valence-electron chi connectivity index (χ1n) is 5.96. The zero-order valence-corrected chi connectivity index (χ0v) is 12.3. The van der Waals surface area contributed by atoms with Crippen LogP contribution in [0.2, 0.25) is 0 Å². The monoisotopic (exact) mass is 323 g/mol. The number of imidazole rings is 1. The summed E-state index contributed by atoms with van der Waals surface area (Å²) in [6.45, 7) is 3.04. The lowest BCUT2D eigenvalue weighted by Gasteiger charge is -2.20. The summed E-state index contributed by atoms with van der Waals surface area (Å²) in [5.41, 5.74) is 7.75. The highest BCUT2D eigenvalue weighted by atomic mass is 79.9. The van der Waals surface area contributed by atoms with E-state index >= 15 is 0 Å². The number of nitrogens with zero attached hydrogens (tertiary/aromatic N) is 2. The minimum absolute atomic E-state index is 0.555. The average Bonchev–Trinajstić information content (AvgIpc) is 2.66. The molecule has 0 saturated heterocycles. The molecule has 2 heterocycles. The fourth-order valence-electron chi connectivity index (χ4n) is 2.09. The van der Waals surface area contributed by atoms with Crippen molar-refractivity contribution < 1.29 is 9.47 Å². The number of rotatable bonds is 1. The van der Waals surface area contributed by atoms with Crippen LogP contribution in [0.4, 0.5) is 5.82 Å². The summed E-state index contributed by atoms with van der Waals surface area (Å²) >= 11 is 3.50. The van der Waals surface area contributed by atoms with Crippen molar-refractivity contribution in [3.63, 3.8) is 0 Å². The maximum atomic E-state index is 6.07. The second-order valence-electron chi connectivity index (χ2n) is 4.43. The first kappa shape index (κ1) is 12.3. The molecular weight excluding hydrogens is 310 g/mol. The van der Waals surface area contributed by atoms with Gasteiger partial charge in [0.15, 0.2) is 11.5 Å². The minimum atomic E-state index is 0.555. The summed E-state index contributed by atoms with van der Waals surface area (Å²) in [5.74, 6) is 2.97. The molecule has 6 heteroatoms. The standard InChI is InChI=1S/C13H14BrN3O2/c1-7-16-11(13(15)17(7)2)8-5-9(14)12-10(6-8)18-3-4-19-12/h5-6H,3-4,15H2,1-2H3. The van der Waals surface area contributed by atoms with Gasteiger partial charge in [0.25, 0.3) is 0 Å². The Morgan fingerprint density at radius 2 is 2.05 bits per heavy atom. The molecule has 0 radical (unpaired) electrons. The number of ether oxygens (including phenoxy) is 2. The van der Waals surface area contributed by atoms with Gasteiger partial charge in [-0.2, -0.15) is 0 Å². The zero-order chi connectivity index (χ0) is 13.6. The Morgan fingerprint density at radius 1 is 1.32 bits per heavy atom. The number of hydrogen-bond acceptors (Lipinski definition) is 4. The van der Waals surface area contributed by atoms with Crippen molar-refractivity contribution in [1.82, 2.24) is 9.55 Å². The van der Waals surface area contributed by atoms with Crippen LogP contribution in [-0.4, -0.2) is 22.8 Å². The highest BCUT2D eigenvalue weighted by molar-refractivity contribution is 9.10. The van der Waals surface area contributed by atoms with Crippen molar-refractivity contribution in [3.05, 3.63) is 22.4 Å². The molecule has 0 aliphatic carbocycles. The van der Waals surface area contributed by atoms with E-state index < -0.39 is 0 Å². The number of nitrogen functional groups attached to an aromatic ring is 1. The van der Waals surface area contributed by atoms with E-state index in [2.05, 4.69) is 20.9 Å². The molecule has 0 atom stereocenters. The summed E-state index contributed by atoms with van der Waals surface area (Å²) < 4.78 is 13.9. The van der Waals surface area contributed by atoms with Crippen LogP contribution in [0.5, 0.6) is 11.5 Å². The highest BCUT2D eigenvalue weighted by Crippen LogP contribution is 2.41. The van der Waals surface area contributed by atoms with Crippen LogP contribution in [0.25, 0.3) is 11.3 Å². The van der Waals surface area contributed by atoms with Gasteiger partial charge < -0.3 is 19.8 Å². The summed E-state index contributed by atoms with van der Waals surface area (Å²) in [6, 6.07) is 3.86. The van der Waals surface area contributed by atoms with Crippen LogP contribution in [0.15, 0.2) is 16.6 Å². The van der Waals surface area contributed by atoms with Gasteiger partial charge in [-0.05, 0) is 35.0 Å². The van der Waals surface area contributed by atoms with E-state index in [4.69, 9.17) is 15.2 Å². The molecule has 1 aliphatic heterocycles. The molecule has 0 amide bonds. The summed E-state index contributed by atoms with van der Waals surface area (Å²) in [4.78, 5) is 4.49. The molecule has 1 aromatic carbocycles. The maximum Gasteiger partial charge on any atom is 0.175 e. The SMILES string of the molecule is Cc1nc(-c2cc(Br)c3c(c2)OCCO3)c(N)n1C. The Bertz CT molecular complexity index is 652. The number of aromatic nitrogens is 2. The predicted octanol–water partition coefficient (Wildman–Crippen LogP) is 2.51. The second-order valence-corrected chi connectivity index (χ2v) is 5.29. The van der Waals surface area contributed by atoms with Gasteiger partial charge in [0.2, 0.25) is 0 Å². The molecular formula is C13H14BrN3O2. The van der Waals surface area contributed by atoms with E-state index in [1.54, 1.807) is 0 Å². The molecule has 2 N–H and O–H groups in total. The molecule has 0 fully saturated rings. The summed E-state index contributed by atoms with van der Waals surface area (Å²) in [6.07, 6.45) is 0. The molecule has 19 heavy (non-hydrogen) atoms. The quantitative estimate of drug-likeness (QED) is 0.875. The largest absolute Gasteiger partial charge is 0.486 e. The number of fused-ring (bicyclic) bond motifs is 1. The van der Waals surface area contributed by atoms with Crippen molar-refractivity contribution in [1.29, 1.82) is 0 Å². The molecule has 3 rings (SSSR count). The minimum Gasteiger partial charge on any atom is -0.486 e. The number of hydrogen-bond donors (Lipinski definition) is 1. The Hall–Kier alpha value is -1.69. The zero-order valence-electron chi connectivity index (χ0n) is 10.7. The Kier molecular flexibility index (Phi) is 2.89. The third-order valence-electron chi connectivity index (χ3n) is 3.23. The molecule has 5 nitrogen and oxygen atoms in total. The molecule has 2 aromatic rings. The Morgan fingerprint density at radius 3 is 2.74 bits per heavy atom. The molecule has 1 aliphatic rings.